The van der Waals surface area contributed by atoms with E-state index in [0.29, 0.717) is 30.3 Å². The highest BCUT2D eigenvalue weighted by Gasteiger charge is 2.67. The summed E-state index contributed by atoms with van der Waals surface area (Å²) < 4.78 is 18.9. The van der Waals surface area contributed by atoms with Gasteiger partial charge in [-0.1, -0.05) is 20.4 Å². The second-order valence-electron chi connectivity index (χ2n) is 10.1. The third-order valence-corrected chi connectivity index (χ3v) is 7.86. The minimum Gasteiger partial charge on any atom is -0.459 e. The first-order valence-corrected chi connectivity index (χ1v) is 10.4. The monoisotopic (exact) mass is 378 g/mol. The van der Waals surface area contributed by atoms with E-state index in [2.05, 4.69) is 34.3 Å². The van der Waals surface area contributed by atoms with Crippen LogP contribution in [0.2, 0.25) is 0 Å². The first-order chi connectivity index (χ1) is 12.5. The van der Waals surface area contributed by atoms with Gasteiger partial charge in [0.05, 0.1) is 17.8 Å². The quantitative estimate of drug-likeness (QED) is 0.588. The number of carbonyl (C=O) groups excluding carboxylic acids is 1. The zero-order valence-electron chi connectivity index (χ0n) is 17.3. The van der Waals surface area contributed by atoms with Crippen molar-refractivity contribution in [2.24, 2.45) is 23.7 Å². The molecule has 0 unspecified atom stereocenters. The summed E-state index contributed by atoms with van der Waals surface area (Å²) >= 11 is 0. The molecule has 4 rings (SSSR count). The summed E-state index contributed by atoms with van der Waals surface area (Å²) in [5, 5.41) is 11.0. The van der Waals surface area contributed by atoms with Crippen molar-refractivity contribution in [3.8, 4) is 0 Å². The van der Waals surface area contributed by atoms with Gasteiger partial charge in [-0.2, -0.15) is 0 Å². The Morgan fingerprint density at radius 2 is 2.00 bits per heavy atom. The summed E-state index contributed by atoms with van der Waals surface area (Å²) in [7, 11) is 0. The second-order valence-corrected chi connectivity index (χ2v) is 10.1. The van der Waals surface area contributed by atoms with E-state index in [4.69, 9.17) is 14.2 Å². The Balaban J connectivity index is 1.81. The van der Waals surface area contributed by atoms with Crippen molar-refractivity contribution in [3.05, 3.63) is 12.2 Å². The normalized spacial score (nSPS) is 51.7. The zero-order valence-corrected chi connectivity index (χ0v) is 17.3. The Labute approximate surface area is 162 Å². The number of ether oxygens (including phenoxy) is 3. The van der Waals surface area contributed by atoms with Crippen LogP contribution < -0.4 is 0 Å². The largest absolute Gasteiger partial charge is 0.459 e. The van der Waals surface area contributed by atoms with E-state index in [1.165, 1.54) is 6.92 Å². The molecule has 0 amide bonds. The standard InChI is InChI=1S/C22H34O5/c1-12(2)15-7-8-20(5,26-14(4)23)18-16-11-13(3)22(24)10-9-21(6,27-22)19(25-16)17(15)18/h12,15-19,24H,3,7-11H2,1-2,4-6H3/t15-,16-,17-,18-,19-,20-,21-,22+/m1/s1. The van der Waals surface area contributed by atoms with Gasteiger partial charge in [0, 0.05) is 25.2 Å². The number of hydrogen-bond donors (Lipinski definition) is 1. The lowest BCUT2D eigenvalue weighted by molar-refractivity contribution is -0.241. The Hall–Kier alpha value is -0.910. The van der Waals surface area contributed by atoms with Gasteiger partial charge in [0.25, 0.3) is 0 Å². The van der Waals surface area contributed by atoms with Crippen molar-refractivity contribution in [2.75, 3.05) is 0 Å². The third-order valence-electron chi connectivity index (χ3n) is 7.86. The van der Waals surface area contributed by atoms with E-state index in [1.54, 1.807) is 0 Å². The van der Waals surface area contributed by atoms with Crippen molar-refractivity contribution < 1.29 is 24.1 Å². The van der Waals surface area contributed by atoms with Crippen LogP contribution in [0, 0.1) is 23.7 Å². The number of esters is 1. The highest BCUT2D eigenvalue weighted by Crippen LogP contribution is 2.61. The lowest BCUT2D eigenvalue weighted by Gasteiger charge is -2.49. The van der Waals surface area contributed by atoms with Gasteiger partial charge in [-0.05, 0) is 56.9 Å². The van der Waals surface area contributed by atoms with E-state index in [1.807, 2.05) is 0 Å². The molecule has 3 saturated heterocycles. The van der Waals surface area contributed by atoms with Gasteiger partial charge >= 0.3 is 5.97 Å². The molecule has 8 atom stereocenters. The molecular formula is C22H34O5. The molecular weight excluding hydrogens is 344 g/mol. The summed E-state index contributed by atoms with van der Waals surface area (Å²) in [6, 6.07) is 0. The van der Waals surface area contributed by atoms with Gasteiger partial charge in [0.15, 0.2) is 5.79 Å². The number of rotatable bonds is 2. The number of fused-ring (bicyclic) bond motifs is 8. The van der Waals surface area contributed by atoms with Gasteiger partial charge < -0.3 is 19.3 Å². The van der Waals surface area contributed by atoms with Gasteiger partial charge in [0.2, 0.25) is 0 Å². The maximum Gasteiger partial charge on any atom is 0.303 e. The highest BCUT2D eigenvalue weighted by molar-refractivity contribution is 5.66. The second kappa shape index (κ2) is 6.04. The molecule has 4 fully saturated rings. The summed E-state index contributed by atoms with van der Waals surface area (Å²) in [5.74, 6) is -0.170. The number of carbonyl (C=O) groups is 1. The predicted octanol–water partition coefficient (Wildman–Crippen LogP) is 3.59. The molecule has 0 aromatic rings. The smallest absolute Gasteiger partial charge is 0.303 e. The SMILES string of the molecule is C=C1C[C@H]2O[C@H]([C@H]3[C@@H]2[C@](C)(OC(C)=O)CC[C@@H]3C(C)C)[C@@]2(C)CC[C@]1(O)O2. The van der Waals surface area contributed by atoms with Crippen LogP contribution in [0.5, 0.6) is 0 Å². The summed E-state index contributed by atoms with van der Waals surface area (Å²) in [4.78, 5) is 11.9. The molecule has 5 heteroatoms. The third kappa shape index (κ3) is 2.80. The van der Waals surface area contributed by atoms with Crippen molar-refractivity contribution in [3.63, 3.8) is 0 Å². The Morgan fingerprint density at radius 3 is 2.63 bits per heavy atom. The van der Waals surface area contributed by atoms with Crippen LogP contribution in [-0.2, 0) is 19.0 Å². The minimum absolute atomic E-state index is 0.0904. The van der Waals surface area contributed by atoms with Crippen LogP contribution in [0.3, 0.4) is 0 Å². The van der Waals surface area contributed by atoms with E-state index in [9.17, 15) is 9.90 Å². The summed E-state index contributed by atoms with van der Waals surface area (Å²) in [5.41, 5.74) is -0.408. The molecule has 0 radical (unpaired) electrons. The first-order valence-electron chi connectivity index (χ1n) is 10.4. The molecule has 4 bridgehead atoms. The maximum absolute atomic E-state index is 11.9. The summed E-state index contributed by atoms with van der Waals surface area (Å²) in [6.07, 6.45) is 3.52. The molecule has 0 aromatic heterocycles. The van der Waals surface area contributed by atoms with Crippen LogP contribution in [0.4, 0.5) is 0 Å². The van der Waals surface area contributed by atoms with Crippen molar-refractivity contribution in [2.45, 2.75) is 95.9 Å². The van der Waals surface area contributed by atoms with E-state index < -0.39 is 17.0 Å². The first kappa shape index (κ1) is 19.4. The zero-order chi connectivity index (χ0) is 19.8. The predicted molar refractivity (Wildman–Crippen MR) is 101 cm³/mol. The molecule has 3 aliphatic heterocycles. The topological polar surface area (TPSA) is 65.0 Å². The number of aliphatic hydroxyl groups is 1. The average Bonchev–Trinajstić information content (AvgIpc) is 3.08. The van der Waals surface area contributed by atoms with Crippen LogP contribution in [0.1, 0.15) is 66.7 Å². The molecule has 1 N–H and O–H groups in total. The van der Waals surface area contributed by atoms with Gasteiger partial charge in [-0.25, -0.2) is 0 Å². The van der Waals surface area contributed by atoms with Crippen LogP contribution in [0.15, 0.2) is 12.2 Å². The van der Waals surface area contributed by atoms with Crippen molar-refractivity contribution >= 4 is 5.97 Å². The molecule has 1 aliphatic carbocycles. The van der Waals surface area contributed by atoms with Crippen molar-refractivity contribution in [1.29, 1.82) is 0 Å². The molecule has 27 heavy (non-hydrogen) atoms. The summed E-state index contributed by atoms with van der Waals surface area (Å²) in [6.45, 7) is 14.3. The minimum atomic E-state index is -1.26. The van der Waals surface area contributed by atoms with E-state index in [0.717, 1.165) is 19.3 Å². The fraction of sp³-hybridized carbons (Fsp3) is 0.864. The van der Waals surface area contributed by atoms with Gasteiger partial charge in [-0.3, -0.25) is 4.79 Å². The van der Waals surface area contributed by atoms with E-state index >= 15 is 0 Å². The Morgan fingerprint density at radius 1 is 1.30 bits per heavy atom. The molecule has 4 aliphatic rings. The van der Waals surface area contributed by atoms with E-state index in [-0.39, 0.29) is 30.0 Å². The molecule has 5 nitrogen and oxygen atoms in total. The molecule has 0 spiro atoms. The lowest BCUT2D eigenvalue weighted by atomic mass is 9.58. The maximum atomic E-state index is 11.9. The molecule has 3 heterocycles. The lowest BCUT2D eigenvalue weighted by Crippen LogP contribution is -2.55. The molecule has 1 saturated carbocycles. The Kier molecular flexibility index (Phi) is 4.34. The Bertz CT molecular complexity index is 659. The van der Waals surface area contributed by atoms with Crippen molar-refractivity contribution in [1.82, 2.24) is 0 Å². The van der Waals surface area contributed by atoms with Crippen LogP contribution in [0.25, 0.3) is 0 Å². The number of hydrogen-bond acceptors (Lipinski definition) is 5. The fourth-order valence-electron chi connectivity index (χ4n) is 6.61. The average molecular weight is 379 g/mol. The molecule has 152 valence electrons. The van der Waals surface area contributed by atoms with Crippen LogP contribution >= 0.6 is 0 Å². The van der Waals surface area contributed by atoms with Crippen LogP contribution in [-0.4, -0.2) is 40.3 Å². The van der Waals surface area contributed by atoms with Gasteiger partial charge in [-0.15, -0.1) is 0 Å². The fourth-order valence-corrected chi connectivity index (χ4v) is 6.61. The highest BCUT2D eigenvalue weighted by atomic mass is 16.7. The molecule has 0 aromatic carbocycles. The van der Waals surface area contributed by atoms with Gasteiger partial charge in [0.1, 0.15) is 5.60 Å².